The highest BCUT2D eigenvalue weighted by Crippen LogP contribution is 2.17. The maximum absolute atomic E-state index is 12.9. The first-order valence-corrected chi connectivity index (χ1v) is 9.50. The number of hydrogen-bond donors (Lipinski definition) is 1. The molecule has 2 aromatic heterocycles. The molecule has 140 valence electrons. The van der Waals surface area contributed by atoms with Crippen molar-refractivity contribution in [1.82, 2.24) is 19.9 Å². The number of aryl methyl sites for hydroxylation is 1. The smallest absolute Gasteiger partial charge is 0.223 e. The fourth-order valence-corrected chi connectivity index (χ4v) is 3.50. The number of fused-ring (bicyclic) bond motifs is 1. The highest BCUT2D eigenvalue weighted by Gasteiger charge is 2.23. The summed E-state index contributed by atoms with van der Waals surface area (Å²) in [5.74, 6) is 0.980. The molecule has 0 radical (unpaired) electrons. The normalized spacial score (nSPS) is 16.7. The molecule has 1 atom stereocenters. The highest BCUT2D eigenvalue weighted by molar-refractivity contribution is 5.77. The van der Waals surface area contributed by atoms with Gasteiger partial charge in [-0.05, 0) is 42.7 Å². The monoisotopic (exact) mass is 364 g/mol. The van der Waals surface area contributed by atoms with Crippen molar-refractivity contribution < 1.29 is 9.53 Å². The first-order chi connectivity index (χ1) is 13.3. The van der Waals surface area contributed by atoms with Gasteiger partial charge in [0.1, 0.15) is 5.82 Å². The summed E-state index contributed by atoms with van der Waals surface area (Å²) in [4.78, 5) is 26.8. The predicted octanol–water partition coefficient (Wildman–Crippen LogP) is 3.10. The fraction of sp³-hybridized carbons (Fsp3) is 0.381. The van der Waals surface area contributed by atoms with Crippen LogP contribution in [0.2, 0.25) is 0 Å². The highest BCUT2D eigenvalue weighted by atomic mass is 16.5. The fourth-order valence-electron chi connectivity index (χ4n) is 3.50. The number of ether oxygens (including phenoxy) is 1. The number of nitrogens with one attached hydrogen (secondary N) is 1. The molecular weight excluding hydrogens is 340 g/mol. The van der Waals surface area contributed by atoms with E-state index in [1.165, 1.54) is 0 Å². The number of hydrogen-bond acceptors (Lipinski definition) is 4. The van der Waals surface area contributed by atoms with Crippen molar-refractivity contribution in [2.45, 2.75) is 38.3 Å². The third kappa shape index (κ3) is 4.52. The van der Waals surface area contributed by atoms with Crippen LogP contribution in [0.3, 0.4) is 0 Å². The number of aromatic amines is 1. The minimum Gasteiger partial charge on any atom is -0.376 e. The van der Waals surface area contributed by atoms with Crippen LogP contribution in [-0.2, 0) is 22.5 Å². The standard InChI is InChI=1S/C21H24N4O2/c26-21(8-7-20-23-18-5-1-2-6-19(18)24-20)25(15-17-4-3-13-27-17)14-16-9-11-22-12-10-16/h1-2,5-6,9-12,17H,3-4,7-8,13-15H2,(H,23,24). The molecule has 0 bridgehead atoms. The van der Waals surface area contributed by atoms with E-state index in [9.17, 15) is 4.79 Å². The minimum absolute atomic E-state index is 0.128. The van der Waals surface area contributed by atoms with E-state index in [4.69, 9.17) is 4.74 Å². The van der Waals surface area contributed by atoms with Gasteiger partial charge >= 0.3 is 0 Å². The van der Waals surface area contributed by atoms with Crippen LogP contribution in [0.4, 0.5) is 0 Å². The van der Waals surface area contributed by atoms with Crippen LogP contribution in [0.5, 0.6) is 0 Å². The van der Waals surface area contributed by atoms with E-state index in [1.54, 1.807) is 12.4 Å². The van der Waals surface area contributed by atoms with Crippen LogP contribution in [0.25, 0.3) is 11.0 Å². The summed E-state index contributed by atoms with van der Waals surface area (Å²) in [5, 5.41) is 0. The Balaban J connectivity index is 1.42. The average molecular weight is 364 g/mol. The molecule has 6 nitrogen and oxygen atoms in total. The summed E-state index contributed by atoms with van der Waals surface area (Å²) < 4.78 is 5.75. The SMILES string of the molecule is O=C(CCc1nc2ccccc2[nH]1)N(Cc1ccncc1)CC1CCCO1. The Morgan fingerprint density at radius 2 is 2.07 bits per heavy atom. The summed E-state index contributed by atoms with van der Waals surface area (Å²) in [6.07, 6.45) is 6.78. The molecule has 1 saturated heterocycles. The summed E-state index contributed by atoms with van der Waals surface area (Å²) >= 11 is 0. The van der Waals surface area contributed by atoms with Gasteiger partial charge in [0.05, 0.1) is 17.1 Å². The van der Waals surface area contributed by atoms with Gasteiger partial charge in [-0.3, -0.25) is 9.78 Å². The quantitative estimate of drug-likeness (QED) is 0.699. The van der Waals surface area contributed by atoms with Gasteiger partial charge in [0, 0.05) is 44.9 Å². The van der Waals surface area contributed by atoms with Crippen LogP contribution in [0.1, 0.15) is 30.7 Å². The molecule has 1 aliphatic rings. The average Bonchev–Trinajstić information content (AvgIpc) is 3.35. The topological polar surface area (TPSA) is 71.1 Å². The maximum Gasteiger partial charge on any atom is 0.223 e. The first-order valence-electron chi connectivity index (χ1n) is 9.50. The number of benzene rings is 1. The number of para-hydroxylation sites is 2. The number of nitrogens with zero attached hydrogens (tertiary/aromatic N) is 3. The van der Waals surface area contributed by atoms with Crippen LogP contribution in [-0.4, -0.2) is 45.0 Å². The van der Waals surface area contributed by atoms with E-state index < -0.39 is 0 Å². The molecule has 1 amide bonds. The Morgan fingerprint density at radius 3 is 2.85 bits per heavy atom. The van der Waals surface area contributed by atoms with Gasteiger partial charge in [0.25, 0.3) is 0 Å². The lowest BCUT2D eigenvalue weighted by molar-refractivity contribution is -0.133. The molecule has 3 heterocycles. The molecule has 4 rings (SSSR count). The third-order valence-electron chi connectivity index (χ3n) is 4.94. The molecule has 1 N–H and O–H groups in total. The second-order valence-corrected chi connectivity index (χ2v) is 6.97. The molecule has 6 heteroatoms. The van der Waals surface area contributed by atoms with Gasteiger partial charge in [-0.1, -0.05) is 12.1 Å². The Hall–Kier alpha value is -2.73. The molecular formula is C21H24N4O2. The van der Waals surface area contributed by atoms with E-state index in [2.05, 4.69) is 15.0 Å². The maximum atomic E-state index is 12.9. The lowest BCUT2D eigenvalue weighted by atomic mass is 10.1. The number of rotatable bonds is 7. The van der Waals surface area contributed by atoms with E-state index >= 15 is 0 Å². The molecule has 0 saturated carbocycles. The predicted molar refractivity (Wildman–Crippen MR) is 103 cm³/mol. The lowest BCUT2D eigenvalue weighted by Crippen LogP contribution is -2.37. The number of aromatic nitrogens is 3. The van der Waals surface area contributed by atoms with E-state index in [0.29, 0.717) is 25.9 Å². The molecule has 1 aliphatic heterocycles. The van der Waals surface area contributed by atoms with Crippen molar-refractivity contribution in [2.24, 2.45) is 0 Å². The number of H-pyrrole nitrogens is 1. The van der Waals surface area contributed by atoms with Crippen LogP contribution in [0, 0.1) is 0 Å². The van der Waals surface area contributed by atoms with E-state index in [0.717, 1.165) is 41.9 Å². The molecule has 0 spiro atoms. The van der Waals surface area contributed by atoms with Crippen molar-refractivity contribution in [3.63, 3.8) is 0 Å². The second-order valence-electron chi connectivity index (χ2n) is 6.97. The summed E-state index contributed by atoms with van der Waals surface area (Å²) in [5.41, 5.74) is 3.03. The molecule has 1 fully saturated rings. The summed E-state index contributed by atoms with van der Waals surface area (Å²) in [6.45, 7) is 2.02. The van der Waals surface area contributed by atoms with Crippen molar-refractivity contribution in [3.8, 4) is 0 Å². The molecule has 1 unspecified atom stereocenters. The minimum atomic E-state index is 0.128. The van der Waals surface area contributed by atoms with Crippen LogP contribution < -0.4 is 0 Å². The van der Waals surface area contributed by atoms with Gasteiger partial charge in [-0.15, -0.1) is 0 Å². The number of carbonyl (C=O) groups excluding carboxylic acids is 1. The van der Waals surface area contributed by atoms with Gasteiger partial charge in [0.2, 0.25) is 5.91 Å². The molecule has 3 aromatic rings. The van der Waals surface area contributed by atoms with E-state index in [-0.39, 0.29) is 12.0 Å². The Morgan fingerprint density at radius 1 is 1.22 bits per heavy atom. The van der Waals surface area contributed by atoms with Crippen molar-refractivity contribution in [3.05, 3.63) is 60.2 Å². The first kappa shape index (κ1) is 17.7. The Kier molecular flexibility index (Phi) is 5.44. The van der Waals surface area contributed by atoms with Gasteiger partial charge in [0.15, 0.2) is 0 Å². The van der Waals surface area contributed by atoms with Gasteiger partial charge in [-0.2, -0.15) is 0 Å². The Labute approximate surface area is 158 Å². The number of imidazole rings is 1. The van der Waals surface area contributed by atoms with Crippen molar-refractivity contribution in [2.75, 3.05) is 13.2 Å². The lowest BCUT2D eigenvalue weighted by Gasteiger charge is -2.25. The zero-order valence-corrected chi connectivity index (χ0v) is 15.3. The Bertz CT molecular complexity index is 854. The largest absolute Gasteiger partial charge is 0.376 e. The summed E-state index contributed by atoms with van der Waals surface area (Å²) in [7, 11) is 0. The zero-order valence-electron chi connectivity index (χ0n) is 15.3. The summed E-state index contributed by atoms with van der Waals surface area (Å²) in [6, 6.07) is 11.8. The van der Waals surface area contributed by atoms with E-state index in [1.807, 2.05) is 41.3 Å². The third-order valence-corrected chi connectivity index (χ3v) is 4.94. The zero-order chi connectivity index (χ0) is 18.5. The molecule has 0 aliphatic carbocycles. The van der Waals surface area contributed by atoms with Crippen LogP contribution >= 0.6 is 0 Å². The van der Waals surface area contributed by atoms with Crippen molar-refractivity contribution >= 4 is 16.9 Å². The van der Waals surface area contributed by atoms with Crippen molar-refractivity contribution in [1.29, 1.82) is 0 Å². The molecule has 27 heavy (non-hydrogen) atoms. The molecule has 1 aromatic carbocycles. The van der Waals surface area contributed by atoms with Crippen LogP contribution in [0.15, 0.2) is 48.8 Å². The number of amides is 1. The second kappa shape index (κ2) is 8.31. The number of carbonyl (C=O) groups is 1. The number of pyridine rings is 1. The van der Waals surface area contributed by atoms with Gasteiger partial charge in [-0.25, -0.2) is 4.98 Å². The van der Waals surface area contributed by atoms with Gasteiger partial charge < -0.3 is 14.6 Å².